The molecular formula is C15H13N3O5. The summed E-state index contributed by atoms with van der Waals surface area (Å²) in [5, 5.41) is 24.0. The molecule has 0 aliphatic rings. The van der Waals surface area contributed by atoms with Crippen LogP contribution in [0.2, 0.25) is 0 Å². The van der Waals surface area contributed by atoms with Crippen LogP contribution in [0.5, 0.6) is 11.5 Å². The maximum Gasteiger partial charge on any atom is 0.278 e. The highest BCUT2D eigenvalue weighted by atomic mass is 16.6. The molecule has 2 aromatic carbocycles. The summed E-state index contributed by atoms with van der Waals surface area (Å²) in [6.07, 6.45) is 1.09. The van der Waals surface area contributed by atoms with E-state index in [0.29, 0.717) is 5.75 Å². The van der Waals surface area contributed by atoms with E-state index in [1.54, 1.807) is 24.3 Å². The van der Waals surface area contributed by atoms with Crippen molar-refractivity contribution in [3.63, 3.8) is 0 Å². The molecule has 1 amide bonds. The smallest absolute Gasteiger partial charge is 0.278 e. The average molecular weight is 315 g/mol. The Balaban J connectivity index is 2.17. The molecule has 23 heavy (non-hydrogen) atoms. The van der Waals surface area contributed by atoms with Crippen molar-refractivity contribution in [1.82, 2.24) is 5.43 Å². The van der Waals surface area contributed by atoms with Gasteiger partial charge in [-0.15, -0.1) is 0 Å². The molecule has 0 atom stereocenters. The molecule has 2 aromatic rings. The number of nitro benzene ring substituents is 1. The van der Waals surface area contributed by atoms with E-state index in [0.717, 1.165) is 12.3 Å². The lowest BCUT2D eigenvalue weighted by Crippen LogP contribution is -2.18. The molecule has 0 fully saturated rings. The molecular weight excluding hydrogens is 302 g/mol. The van der Waals surface area contributed by atoms with Crippen molar-refractivity contribution in [1.29, 1.82) is 0 Å². The Morgan fingerprint density at radius 3 is 2.78 bits per heavy atom. The van der Waals surface area contributed by atoms with Gasteiger partial charge < -0.3 is 9.84 Å². The van der Waals surface area contributed by atoms with E-state index in [1.807, 2.05) is 0 Å². The number of phenols is 1. The van der Waals surface area contributed by atoms with Crippen LogP contribution in [0.15, 0.2) is 47.6 Å². The van der Waals surface area contributed by atoms with Crippen molar-refractivity contribution in [2.45, 2.75) is 0 Å². The van der Waals surface area contributed by atoms with Gasteiger partial charge in [0.05, 0.1) is 29.4 Å². The zero-order chi connectivity index (χ0) is 16.8. The lowest BCUT2D eigenvalue weighted by atomic mass is 10.2. The number of carbonyl (C=O) groups excluding carboxylic acids is 1. The molecule has 2 rings (SSSR count). The molecule has 118 valence electrons. The summed E-state index contributed by atoms with van der Waals surface area (Å²) >= 11 is 0. The Bertz CT molecular complexity index is 773. The molecule has 0 bridgehead atoms. The number of nitrogens with one attached hydrogen (secondary N) is 1. The molecule has 0 aromatic heterocycles. The largest absolute Gasteiger partial charge is 0.508 e. The molecule has 0 radical (unpaired) electrons. The predicted octanol–water partition coefficient (Wildman–Crippen LogP) is 2.07. The number of para-hydroxylation sites is 1. The van der Waals surface area contributed by atoms with Crippen molar-refractivity contribution in [3.8, 4) is 11.5 Å². The van der Waals surface area contributed by atoms with Gasteiger partial charge in [-0.2, -0.15) is 5.10 Å². The molecule has 0 aliphatic carbocycles. The molecule has 0 saturated carbocycles. The normalized spacial score (nSPS) is 10.5. The fraction of sp³-hybridized carbons (Fsp3) is 0.0667. The molecule has 0 saturated heterocycles. The number of amides is 1. The van der Waals surface area contributed by atoms with E-state index in [1.165, 1.54) is 19.2 Å². The Hall–Kier alpha value is -3.42. The number of hydrogen-bond donors (Lipinski definition) is 2. The van der Waals surface area contributed by atoms with Gasteiger partial charge in [0.15, 0.2) is 0 Å². The predicted molar refractivity (Wildman–Crippen MR) is 82.8 cm³/mol. The van der Waals surface area contributed by atoms with E-state index in [9.17, 15) is 20.0 Å². The van der Waals surface area contributed by atoms with Crippen molar-refractivity contribution >= 4 is 17.8 Å². The number of rotatable bonds is 5. The average Bonchev–Trinajstić information content (AvgIpc) is 2.54. The maximum atomic E-state index is 12.0. The van der Waals surface area contributed by atoms with Crippen LogP contribution in [0.4, 0.5) is 5.69 Å². The number of nitrogens with zero attached hydrogens (tertiary/aromatic N) is 2. The lowest BCUT2D eigenvalue weighted by molar-refractivity contribution is -0.385. The van der Waals surface area contributed by atoms with E-state index in [-0.39, 0.29) is 22.6 Å². The van der Waals surface area contributed by atoms with Gasteiger partial charge in [-0.05, 0) is 24.3 Å². The fourth-order valence-electron chi connectivity index (χ4n) is 1.86. The summed E-state index contributed by atoms with van der Waals surface area (Å²) in [6.45, 7) is 0. The van der Waals surface area contributed by atoms with Crippen molar-refractivity contribution in [3.05, 3.63) is 63.7 Å². The van der Waals surface area contributed by atoms with Crippen molar-refractivity contribution in [2.24, 2.45) is 5.10 Å². The number of aromatic hydroxyl groups is 1. The number of methoxy groups -OCH3 is 1. The minimum atomic E-state index is -0.608. The first-order valence-electron chi connectivity index (χ1n) is 6.46. The first-order valence-corrected chi connectivity index (χ1v) is 6.46. The Morgan fingerprint density at radius 2 is 2.09 bits per heavy atom. The van der Waals surface area contributed by atoms with Crippen LogP contribution in [0.3, 0.4) is 0 Å². The third kappa shape index (κ3) is 3.82. The highest BCUT2D eigenvalue weighted by Gasteiger charge is 2.13. The van der Waals surface area contributed by atoms with Crippen LogP contribution in [0.25, 0.3) is 0 Å². The topological polar surface area (TPSA) is 114 Å². The zero-order valence-electron chi connectivity index (χ0n) is 12.1. The lowest BCUT2D eigenvalue weighted by Gasteiger charge is -2.06. The van der Waals surface area contributed by atoms with Crippen LogP contribution in [-0.4, -0.2) is 29.3 Å². The Kier molecular flexibility index (Phi) is 4.88. The third-order valence-electron chi connectivity index (χ3n) is 2.93. The highest BCUT2D eigenvalue weighted by Crippen LogP contribution is 2.21. The second-order valence-electron chi connectivity index (χ2n) is 4.40. The molecule has 8 nitrogen and oxygen atoms in total. The van der Waals surface area contributed by atoms with Gasteiger partial charge >= 0.3 is 0 Å². The number of hydrazone groups is 1. The highest BCUT2D eigenvalue weighted by molar-refractivity contribution is 5.97. The molecule has 0 spiro atoms. The van der Waals surface area contributed by atoms with E-state index >= 15 is 0 Å². The maximum absolute atomic E-state index is 12.0. The third-order valence-corrected chi connectivity index (χ3v) is 2.93. The van der Waals surface area contributed by atoms with E-state index in [2.05, 4.69) is 10.5 Å². The number of carbonyl (C=O) groups is 1. The molecule has 0 unspecified atom stereocenters. The fourth-order valence-corrected chi connectivity index (χ4v) is 1.86. The minimum Gasteiger partial charge on any atom is -0.508 e. The van der Waals surface area contributed by atoms with Crippen LogP contribution in [0, 0.1) is 10.1 Å². The van der Waals surface area contributed by atoms with Crippen LogP contribution in [0.1, 0.15) is 15.9 Å². The van der Waals surface area contributed by atoms with Crippen molar-refractivity contribution in [2.75, 3.05) is 7.11 Å². The monoisotopic (exact) mass is 315 g/mol. The van der Waals surface area contributed by atoms with Gasteiger partial charge in [0.25, 0.3) is 11.6 Å². The second kappa shape index (κ2) is 7.03. The second-order valence-corrected chi connectivity index (χ2v) is 4.40. The molecule has 8 heteroatoms. The van der Waals surface area contributed by atoms with Crippen LogP contribution < -0.4 is 10.2 Å². The first-order chi connectivity index (χ1) is 11.0. The summed E-state index contributed by atoms with van der Waals surface area (Å²) in [4.78, 5) is 22.3. The zero-order valence-corrected chi connectivity index (χ0v) is 12.1. The van der Waals surface area contributed by atoms with Gasteiger partial charge in [-0.25, -0.2) is 5.43 Å². The summed E-state index contributed by atoms with van der Waals surface area (Å²) in [7, 11) is 1.44. The standard InChI is InChI=1S/C15H13N3O5/c1-23-14-5-3-2-4-12(14)15(20)17-16-9-10-8-11(19)6-7-13(10)18(21)22/h2-9,19H,1H3,(H,17,20)/b16-9+. The van der Waals surface area contributed by atoms with Crippen molar-refractivity contribution < 1.29 is 19.6 Å². The first kappa shape index (κ1) is 16.0. The van der Waals surface area contributed by atoms with Gasteiger partial charge in [0.2, 0.25) is 0 Å². The summed E-state index contributed by atoms with van der Waals surface area (Å²) < 4.78 is 5.06. The Morgan fingerprint density at radius 1 is 1.35 bits per heavy atom. The van der Waals surface area contributed by atoms with Gasteiger partial charge in [0.1, 0.15) is 11.5 Å². The molecule has 0 aliphatic heterocycles. The quantitative estimate of drug-likeness (QED) is 0.498. The van der Waals surface area contributed by atoms with E-state index in [4.69, 9.17) is 4.74 Å². The summed E-state index contributed by atoms with van der Waals surface area (Å²) in [5.41, 5.74) is 2.36. The van der Waals surface area contributed by atoms with Gasteiger partial charge in [0, 0.05) is 6.07 Å². The molecule has 0 heterocycles. The van der Waals surface area contributed by atoms with Crippen LogP contribution in [-0.2, 0) is 0 Å². The minimum absolute atomic E-state index is 0.0651. The number of hydrogen-bond acceptors (Lipinski definition) is 6. The van der Waals surface area contributed by atoms with Gasteiger partial charge in [-0.3, -0.25) is 14.9 Å². The number of nitro groups is 1. The van der Waals surface area contributed by atoms with E-state index < -0.39 is 10.8 Å². The SMILES string of the molecule is COc1ccccc1C(=O)N/N=C/c1cc(O)ccc1[N+](=O)[O-]. The number of ether oxygens (including phenoxy) is 1. The number of benzene rings is 2. The van der Waals surface area contributed by atoms with Gasteiger partial charge in [-0.1, -0.05) is 12.1 Å². The summed E-state index contributed by atoms with van der Waals surface area (Å²) in [5.74, 6) is -0.293. The number of phenolic OH excluding ortho intramolecular Hbond substituents is 1. The van der Waals surface area contributed by atoms with Crippen LogP contribution >= 0.6 is 0 Å². The Labute approximate surface area is 131 Å². The molecule has 2 N–H and O–H groups in total. The summed E-state index contributed by atoms with van der Waals surface area (Å²) in [6, 6.07) is 10.1.